The minimum absolute atomic E-state index is 0.0486. The van der Waals surface area contributed by atoms with Crippen molar-refractivity contribution in [3.63, 3.8) is 0 Å². The number of hydrogen-bond acceptors (Lipinski definition) is 1. The summed E-state index contributed by atoms with van der Waals surface area (Å²) in [7, 11) is 0. The maximum Gasteiger partial charge on any atom is 0.124 e. The number of aldehydes is 1. The number of carbonyl (C=O) groups excluding carboxylic acids is 1. The van der Waals surface area contributed by atoms with Gasteiger partial charge in [0.1, 0.15) is 6.29 Å². The fraction of sp³-hybridized carbons (Fsp3) is 0.875. The molecule has 0 spiro atoms. The largest absolute Gasteiger partial charge is 0.303 e. The van der Waals surface area contributed by atoms with E-state index in [1.807, 2.05) is 6.92 Å². The molecule has 0 amide bonds. The Hall–Kier alpha value is -0.0400. The van der Waals surface area contributed by atoms with Gasteiger partial charge in [-0.15, -0.1) is 11.6 Å². The van der Waals surface area contributed by atoms with Crippen molar-refractivity contribution in [2.24, 2.45) is 5.92 Å². The number of halogens is 1. The maximum atomic E-state index is 10.4. The van der Waals surface area contributed by atoms with E-state index < -0.39 is 0 Å². The highest BCUT2D eigenvalue weighted by Gasteiger charge is 2.14. The summed E-state index contributed by atoms with van der Waals surface area (Å²) in [5.74, 6) is 0.0571. The van der Waals surface area contributed by atoms with Crippen LogP contribution < -0.4 is 0 Å². The summed E-state index contributed by atoms with van der Waals surface area (Å²) in [5, 5.41) is 0.0486. The van der Waals surface area contributed by atoms with E-state index in [1.165, 1.54) is 0 Å². The van der Waals surface area contributed by atoms with Gasteiger partial charge in [-0.3, -0.25) is 0 Å². The van der Waals surface area contributed by atoms with E-state index >= 15 is 0 Å². The van der Waals surface area contributed by atoms with E-state index in [0.29, 0.717) is 0 Å². The second kappa shape index (κ2) is 5.72. The van der Waals surface area contributed by atoms with Gasteiger partial charge in [-0.2, -0.15) is 0 Å². The molecule has 0 aromatic rings. The van der Waals surface area contributed by atoms with E-state index in [-0.39, 0.29) is 11.3 Å². The summed E-state index contributed by atoms with van der Waals surface area (Å²) in [6.07, 6.45) is 3.82. The normalized spacial score (nSPS) is 16.3. The first-order valence-corrected chi connectivity index (χ1v) is 4.29. The second-order valence-corrected chi connectivity index (χ2v) is 3.07. The zero-order chi connectivity index (χ0) is 7.98. The summed E-state index contributed by atoms with van der Waals surface area (Å²) < 4.78 is 0. The molecule has 0 aliphatic rings. The Balaban J connectivity index is 3.63. The van der Waals surface area contributed by atoms with Crippen LogP contribution in [0.1, 0.15) is 33.1 Å². The first-order chi connectivity index (χ1) is 4.76. The summed E-state index contributed by atoms with van der Waals surface area (Å²) in [4.78, 5) is 10.4. The molecule has 2 heteroatoms. The average Bonchev–Trinajstić information content (AvgIpc) is 1.91. The van der Waals surface area contributed by atoms with Crippen molar-refractivity contribution < 1.29 is 4.79 Å². The van der Waals surface area contributed by atoms with Crippen molar-refractivity contribution in [1.82, 2.24) is 0 Å². The molecule has 0 aromatic carbocycles. The predicted molar refractivity (Wildman–Crippen MR) is 44.4 cm³/mol. The lowest BCUT2D eigenvalue weighted by atomic mass is 10.0. The summed E-state index contributed by atoms with van der Waals surface area (Å²) >= 11 is 5.92. The molecule has 0 heterocycles. The molecule has 0 aliphatic carbocycles. The summed E-state index contributed by atoms with van der Waals surface area (Å²) in [6, 6.07) is 0. The lowest BCUT2D eigenvalue weighted by molar-refractivity contribution is -0.111. The van der Waals surface area contributed by atoms with Crippen LogP contribution in [0.15, 0.2) is 0 Å². The van der Waals surface area contributed by atoms with E-state index in [0.717, 1.165) is 25.5 Å². The van der Waals surface area contributed by atoms with Gasteiger partial charge in [0, 0.05) is 11.3 Å². The van der Waals surface area contributed by atoms with Crippen LogP contribution in [0.3, 0.4) is 0 Å². The lowest BCUT2D eigenvalue weighted by Gasteiger charge is -2.12. The fourth-order valence-corrected chi connectivity index (χ4v) is 1.38. The molecule has 0 bridgehead atoms. The van der Waals surface area contributed by atoms with Crippen LogP contribution in [0.2, 0.25) is 0 Å². The molecule has 0 N–H and O–H groups in total. The molecule has 10 heavy (non-hydrogen) atoms. The summed E-state index contributed by atoms with van der Waals surface area (Å²) in [5.41, 5.74) is 0. The third-order valence-corrected chi connectivity index (χ3v) is 2.22. The van der Waals surface area contributed by atoms with Crippen molar-refractivity contribution in [3.8, 4) is 0 Å². The molecule has 0 saturated heterocycles. The van der Waals surface area contributed by atoms with Crippen molar-refractivity contribution in [2.75, 3.05) is 0 Å². The van der Waals surface area contributed by atoms with E-state index in [1.54, 1.807) is 0 Å². The third kappa shape index (κ3) is 3.21. The number of carbonyl (C=O) groups is 1. The number of alkyl halides is 1. The van der Waals surface area contributed by atoms with Crippen LogP contribution in [0.25, 0.3) is 0 Å². The van der Waals surface area contributed by atoms with Gasteiger partial charge in [0.25, 0.3) is 0 Å². The molecule has 0 rings (SSSR count). The van der Waals surface area contributed by atoms with Crippen LogP contribution in [-0.4, -0.2) is 11.7 Å². The van der Waals surface area contributed by atoms with Gasteiger partial charge in [0.2, 0.25) is 0 Å². The Morgan fingerprint density at radius 3 is 2.40 bits per heavy atom. The molecular formula is C8H15ClO. The fourth-order valence-electron chi connectivity index (χ4n) is 0.927. The highest BCUT2D eigenvalue weighted by atomic mass is 35.5. The molecule has 0 aliphatic heterocycles. The first-order valence-electron chi connectivity index (χ1n) is 3.85. The molecule has 0 radical (unpaired) electrons. The third-order valence-electron chi connectivity index (χ3n) is 1.68. The zero-order valence-corrected chi connectivity index (χ0v) is 7.40. The Morgan fingerprint density at radius 1 is 1.50 bits per heavy atom. The van der Waals surface area contributed by atoms with E-state index in [2.05, 4.69) is 6.92 Å². The number of rotatable bonds is 5. The van der Waals surface area contributed by atoms with Crippen LogP contribution in [0.5, 0.6) is 0 Å². The molecule has 2 atom stereocenters. The Morgan fingerprint density at radius 2 is 2.10 bits per heavy atom. The van der Waals surface area contributed by atoms with Gasteiger partial charge < -0.3 is 4.79 Å². The Bertz CT molecular complexity index is 93.3. The van der Waals surface area contributed by atoms with Crippen LogP contribution in [0.4, 0.5) is 0 Å². The van der Waals surface area contributed by atoms with Gasteiger partial charge in [0.05, 0.1) is 0 Å². The van der Waals surface area contributed by atoms with Crippen LogP contribution in [0, 0.1) is 5.92 Å². The van der Waals surface area contributed by atoms with Crippen molar-refractivity contribution >= 4 is 17.9 Å². The highest BCUT2D eigenvalue weighted by molar-refractivity contribution is 6.21. The van der Waals surface area contributed by atoms with Crippen LogP contribution >= 0.6 is 11.6 Å². The number of hydrogen-bond donors (Lipinski definition) is 0. The van der Waals surface area contributed by atoms with Crippen LogP contribution in [-0.2, 0) is 4.79 Å². The minimum atomic E-state index is 0.0486. The van der Waals surface area contributed by atoms with Crippen molar-refractivity contribution in [3.05, 3.63) is 0 Å². The molecule has 0 aromatic heterocycles. The maximum absolute atomic E-state index is 10.4. The Kier molecular flexibility index (Phi) is 5.70. The monoisotopic (exact) mass is 162 g/mol. The van der Waals surface area contributed by atoms with Gasteiger partial charge in [-0.25, -0.2) is 0 Å². The molecule has 2 unspecified atom stereocenters. The average molecular weight is 163 g/mol. The van der Waals surface area contributed by atoms with E-state index in [4.69, 9.17) is 11.6 Å². The molecular weight excluding hydrogens is 148 g/mol. The van der Waals surface area contributed by atoms with Crippen molar-refractivity contribution in [1.29, 1.82) is 0 Å². The molecule has 60 valence electrons. The molecule has 0 fully saturated rings. The van der Waals surface area contributed by atoms with Gasteiger partial charge >= 0.3 is 0 Å². The minimum Gasteiger partial charge on any atom is -0.303 e. The van der Waals surface area contributed by atoms with Gasteiger partial charge in [-0.1, -0.05) is 20.3 Å². The lowest BCUT2D eigenvalue weighted by Crippen LogP contribution is -2.14. The zero-order valence-electron chi connectivity index (χ0n) is 6.64. The molecule has 1 nitrogen and oxygen atoms in total. The SMILES string of the molecule is CCCC(Cl)C(C=O)CC. The molecule has 0 saturated carbocycles. The summed E-state index contributed by atoms with van der Waals surface area (Å²) in [6.45, 7) is 4.07. The predicted octanol–water partition coefficient (Wildman–Crippen LogP) is 2.62. The quantitative estimate of drug-likeness (QED) is 0.449. The Labute approximate surface area is 67.8 Å². The topological polar surface area (TPSA) is 17.1 Å². The second-order valence-electron chi connectivity index (χ2n) is 2.51. The van der Waals surface area contributed by atoms with Gasteiger partial charge in [-0.05, 0) is 12.8 Å². The smallest absolute Gasteiger partial charge is 0.124 e. The van der Waals surface area contributed by atoms with E-state index in [9.17, 15) is 4.79 Å². The highest BCUT2D eigenvalue weighted by Crippen LogP contribution is 2.17. The first kappa shape index (κ1) is 9.96. The van der Waals surface area contributed by atoms with Gasteiger partial charge in [0.15, 0.2) is 0 Å². The standard InChI is InChI=1S/C8H15ClO/c1-3-5-8(9)7(4-2)6-10/h6-8H,3-5H2,1-2H3. The van der Waals surface area contributed by atoms with Crippen molar-refractivity contribution in [2.45, 2.75) is 38.5 Å².